The summed E-state index contributed by atoms with van der Waals surface area (Å²) in [5.41, 5.74) is 5.33. The van der Waals surface area contributed by atoms with Gasteiger partial charge in [-0.3, -0.25) is 14.5 Å². The second-order valence-corrected chi connectivity index (χ2v) is 8.62. The van der Waals surface area contributed by atoms with E-state index in [4.69, 9.17) is 9.72 Å². The van der Waals surface area contributed by atoms with Gasteiger partial charge in [0.2, 0.25) is 5.91 Å². The van der Waals surface area contributed by atoms with Crippen molar-refractivity contribution < 1.29 is 14.3 Å². The molecule has 1 aliphatic rings. The van der Waals surface area contributed by atoms with Gasteiger partial charge in [-0.25, -0.2) is 4.98 Å². The molecule has 2 amide bonds. The Morgan fingerprint density at radius 2 is 2.03 bits per heavy atom. The average Bonchev–Trinajstić information content (AvgIpc) is 3.21. The fraction of sp³-hybridized carbons (Fsp3) is 0.292. The molecule has 0 spiro atoms. The minimum absolute atomic E-state index is 0.0796. The highest BCUT2D eigenvalue weighted by molar-refractivity contribution is 7.09. The molecule has 1 aromatic heterocycles. The number of fused-ring (bicyclic) bond motifs is 1. The molecule has 1 aliphatic heterocycles. The molecule has 0 saturated carbocycles. The summed E-state index contributed by atoms with van der Waals surface area (Å²) in [5, 5.41) is 6.00. The first-order valence-electron chi connectivity index (χ1n) is 10.3. The Morgan fingerprint density at radius 1 is 1.19 bits per heavy atom. The maximum absolute atomic E-state index is 12.7. The molecule has 31 heavy (non-hydrogen) atoms. The first-order chi connectivity index (χ1) is 14.9. The number of carbonyl (C=O) groups is 2. The second kappa shape index (κ2) is 8.89. The molecule has 0 aliphatic carbocycles. The number of hydrogen-bond acceptors (Lipinski definition) is 5. The van der Waals surface area contributed by atoms with Crippen LogP contribution in [0.25, 0.3) is 11.3 Å². The summed E-state index contributed by atoms with van der Waals surface area (Å²) in [6.07, 6.45) is 1.99. The molecule has 3 aromatic rings. The number of aryl methyl sites for hydroxylation is 3. The predicted molar refractivity (Wildman–Crippen MR) is 124 cm³/mol. The summed E-state index contributed by atoms with van der Waals surface area (Å²) in [5.74, 6) is 0.0879. The van der Waals surface area contributed by atoms with Crippen LogP contribution in [-0.4, -0.2) is 29.9 Å². The van der Waals surface area contributed by atoms with Crippen molar-refractivity contribution in [1.29, 1.82) is 0 Å². The third kappa shape index (κ3) is 4.61. The number of nitrogens with zero attached hydrogens (tertiary/aromatic N) is 2. The Kier molecular flexibility index (Phi) is 6.04. The van der Waals surface area contributed by atoms with E-state index in [2.05, 4.69) is 12.2 Å². The number of amides is 2. The molecular formula is C24H25N3O3S. The molecule has 1 N–H and O–H groups in total. The Morgan fingerprint density at radius 3 is 2.81 bits per heavy atom. The maximum Gasteiger partial charge on any atom is 0.265 e. The molecule has 160 valence electrons. The normalized spacial score (nSPS) is 13.0. The number of benzene rings is 2. The number of nitrogens with one attached hydrogen (secondary N) is 1. The van der Waals surface area contributed by atoms with Crippen LogP contribution in [0.3, 0.4) is 0 Å². The van der Waals surface area contributed by atoms with Crippen LogP contribution in [0.15, 0.2) is 41.8 Å². The van der Waals surface area contributed by atoms with E-state index >= 15 is 0 Å². The van der Waals surface area contributed by atoms with Gasteiger partial charge in [0.25, 0.3) is 5.91 Å². The van der Waals surface area contributed by atoms with Crippen LogP contribution in [-0.2, 0) is 16.0 Å². The van der Waals surface area contributed by atoms with E-state index in [1.54, 1.807) is 11.3 Å². The largest absolute Gasteiger partial charge is 0.482 e. The van der Waals surface area contributed by atoms with E-state index in [9.17, 15) is 9.59 Å². The van der Waals surface area contributed by atoms with Crippen molar-refractivity contribution in [2.75, 3.05) is 23.4 Å². The number of hydrogen-bond donors (Lipinski definition) is 1. The molecule has 0 bridgehead atoms. The number of thiazole rings is 1. The Balaban J connectivity index is 1.56. The molecule has 0 saturated heterocycles. The minimum Gasteiger partial charge on any atom is -0.482 e. The van der Waals surface area contributed by atoms with Crippen molar-refractivity contribution in [1.82, 2.24) is 4.98 Å². The lowest BCUT2D eigenvalue weighted by Crippen LogP contribution is -2.43. The van der Waals surface area contributed by atoms with Gasteiger partial charge in [0.1, 0.15) is 12.3 Å². The van der Waals surface area contributed by atoms with Gasteiger partial charge in [-0.2, -0.15) is 0 Å². The van der Waals surface area contributed by atoms with Crippen molar-refractivity contribution >= 4 is 34.5 Å². The van der Waals surface area contributed by atoms with E-state index in [0.717, 1.165) is 40.2 Å². The smallest absolute Gasteiger partial charge is 0.265 e. The molecule has 0 unspecified atom stereocenters. The Labute approximate surface area is 185 Å². The second-order valence-electron chi connectivity index (χ2n) is 7.67. The highest BCUT2D eigenvalue weighted by atomic mass is 32.1. The molecular weight excluding hydrogens is 410 g/mol. The van der Waals surface area contributed by atoms with E-state index in [1.165, 1.54) is 4.90 Å². The van der Waals surface area contributed by atoms with Crippen LogP contribution in [0, 0.1) is 13.8 Å². The zero-order chi connectivity index (χ0) is 22.0. The third-order valence-corrected chi connectivity index (χ3v) is 6.21. The number of aromatic nitrogens is 1. The highest BCUT2D eigenvalue weighted by Crippen LogP contribution is 2.36. The van der Waals surface area contributed by atoms with Gasteiger partial charge in [0.15, 0.2) is 6.61 Å². The lowest BCUT2D eigenvalue weighted by molar-refractivity contribution is -0.123. The van der Waals surface area contributed by atoms with Gasteiger partial charge in [-0.05, 0) is 68.1 Å². The molecule has 2 aromatic carbocycles. The fourth-order valence-corrected chi connectivity index (χ4v) is 4.38. The van der Waals surface area contributed by atoms with Crippen LogP contribution < -0.4 is 15.0 Å². The molecule has 7 heteroatoms. The van der Waals surface area contributed by atoms with Gasteiger partial charge >= 0.3 is 0 Å². The first-order valence-corrected chi connectivity index (χ1v) is 11.2. The predicted octanol–water partition coefficient (Wildman–Crippen LogP) is 4.74. The van der Waals surface area contributed by atoms with E-state index in [1.807, 2.05) is 55.6 Å². The summed E-state index contributed by atoms with van der Waals surface area (Å²) in [4.78, 5) is 31.5. The van der Waals surface area contributed by atoms with Crippen LogP contribution in [0.4, 0.5) is 11.4 Å². The van der Waals surface area contributed by atoms with Crippen LogP contribution in [0.1, 0.15) is 29.5 Å². The first kappa shape index (κ1) is 21.1. The van der Waals surface area contributed by atoms with Crippen LogP contribution in [0.2, 0.25) is 0 Å². The zero-order valence-electron chi connectivity index (χ0n) is 17.9. The molecule has 0 radical (unpaired) electrons. The summed E-state index contributed by atoms with van der Waals surface area (Å²) < 4.78 is 5.59. The standard InChI is InChI=1S/C24H25N3O3S/c1-4-5-23-26-19(14-31-23)17-7-9-21-20(11-17)27(24(29)13-30-21)12-22(28)25-18-8-6-15(2)16(3)10-18/h6-11,14H,4-5,12-13H2,1-3H3,(H,25,28). The lowest BCUT2D eigenvalue weighted by atomic mass is 10.1. The lowest BCUT2D eigenvalue weighted by Gasteiger charge is -2.29. The third-order valence-electron chi connectivity index (χ3n) is 5.31. The van der Waals surface area contributed by atoms with Crippen molar-refractivity contribution in [3.63, 3.8) is 0 Å². The van der Waals surface area contributed by atoms with E-state index in [0.29, 0.717) is 17.1 Å². The summed E-state index contributed by atoms with van der Waals surface area (Å²) in [7, 11) is 0. The van der Waals surface area contributed by atoms with Gasteiger partial charge in [0.05, 0.1) is 16.4 Å². The maximum atomic E-state index is 12.7. The fourth-order valence-electron chi connectivity index (χ4n) is 3.47. The van der Waals surface area contributed by atoms with Gasteiger partial charge in [0, 0.05) is 16.6 Å². The van der Waals surface area contributed by atoms with Gasteiger partial charge in [-0.1, -0.05) is 13.0 Å². The summed E-state index contributed by atoms with van der Waals surface area (Å²) in [6.45, 7) is 5.99. The number of anilines is 2. The number of ether oxygens (including phenoxy) is 1. The Hall–Kier alpha value is -3.19. The number of rotatable bonds is 6. The average molecular weight is 436 g/mol. The van der Waals surface area contributed by atoms with Crippen LogP contribution >= 0.6 is 11.3 Å². The zero-order valence-corrected chi connectivity index (χ0v) is 18.7. The molecule has 0 atom stereocenters. The Bertz CT molecular complexity index is 1140. The van der Waals surface area contributed by atoms with Crippen molar-refractivity contribution in [3.8, 4) is 17.0 Å². The summed E-state index contributed by atoms with van der Waals surface area (Å²) in [6, 6.07) is 11.4. The van der Waals surface area contributed by atoms with Crippen molar-refractivity contribution in [2.45, 2.75) is 33.6 Å². The quantitative estimate of drug-likeness (QED) is 0.607. The molecule has 0 fully saturated rings. The monoisotopic (exact) mass is 435 g/mol. The topological polar surface area (TPSA) is 71.5 Å². The molecule has 4 rings (SSSR count). The van der Waals surface area contributed by atoms with Crippen molar-refractivity contribution in [3.05, 3.63) is 57.9 Å². The molecule has 2 heterocycles. The highest BCUT2D eigenvalue weighted by Gasteiger charge is 2.28. The number of carbonyl (C=O) groups excluding carboxylic acids is 2. The van der Waals surface area contributed by atoms with Gasteiger partial charge in [-0.15, -0.1) is 11.3 Å². The molecule has 6 nitrogen and oxygen atoms in total. The van der Waals surface area contributed by atoms with Crippen LogP contribution in [0.5, 0.6) is 5.75 Å². The summed E-state index contributed by atoms with van der Waals surface area (Å²) >= 11 is 1.63. The van der Waals surface area contributed by atoms with Gasteiger partial charge < -0.3 is 10.1 Å². The van der Waals surface area contributed by atoms with Crippen molar-refractivity contribution in [2.24, 2.45) is 0 Å². The minimum atomic E-state index is -0.256. The SMILES string of the molecule is CCCc1nc(-c2ccc3c(c2)N(CC(=O)Nc2ccc(C)c(C)c2)C(=O)CO3)cs1. The van der Waals surface area contributed by atoms with E-state index < -0.39 is 0 Å². The van der Waals surface area contributed by atoms with E-state index in [-0.39, 0.29) is 25.0 Å².